The van der Waals surface area contributed by atoms with Crippen LogP contribution in [0.5, 0.6) is 11.5 Å². The highest BCUT2D eigenvalue weighted by atomic mass is 16.5. The normalized spacial score (nSPS) is 9.79. The van der Waals surface area contributed by atoms with E-state index >= 15 is 0 Å². The minimum Gasteiger partial charge on any atom is -0.497 e. The fourth-order valence-corrected chi connectivity index (χ4v) is 2.07. The molecule has 0 spiro atoms. The first kappa shape index (κ1) is 17.1. The Kier molecular flexibility index (Phi) is 5.62. The minimum absolute atomic E-state index is 0.183. The zero-order valence-electron chi connectivity index (χ0n) is 13.7. The number of rotatable bonds is 5. The molecular formula is C17H19N3O4. The second kappa shape index (κ2) is 7.87. The third-order valence-corrected chi connectivity index (χ3v) is 3.10. The van der Waals surface area contributed by atoms with Gasteiger partial charge in [-0.05, 0) is 30.3 Å². The number of hydrogen-bond donors (Lipinski definition) is 3. The Morgan fingerprint density at radius 2 is 1.58 bits per heavy atom. The molecule has 0 unspecified atom stereocenters. The van der Waals surface area contributed by atoms with Crippen LogP contribution in [0.15, 0.2) is 42.5 Å². The zero-order chi connectivity index (χ0) is 17.5. The number of hydrogen-bond acceptors (Lipinski definition) is 4. The van der Waals surface area contributed by atoms with E-state index in [1.807, 2.05) is 0 Å². The zero-order valence-corrected chi connectivity index (χ0v) is 13.7. The lowest BCUT2D eigenvalue weighted by molar-refractivity contribution is -0.114. The predicted molar refractivity (Wildman–Crippen MR) is 92.9 cm³/mol. The van der Waals surface area contributed by atoms with Crippen LogP contribution in [0.3, 0.4) is 0 Å². The smallest absolute Gasteiger partial charge is 0.323 e. The van der Waals surface area contributed by atoms with Crippen LogP contribution in [-0.4, -0.2) is 26.2 Å². The van der Waals surface area contributed by atoms with Crippen LogP contribution in [0.2, 0.25) is 0 Å². The monoisotopic (exact) mass is 329 g/mol. The van der Waals surface area contributed by atoms with Gasteiger partial charge in [0, 0.05) is 24.4 Å². The van der Waals surface area contributed by atoms with E-state index in [4.69, 9.17) is 9.47 Å². The maximum Gasteiger partial charge on any atom is 0.323 e. The van der Waals surface area contributed by atoms with Gasteiger partial charge in [0.05, 0.1) is 19.9 Å². The molecule has 7 nitrogen and oxygen atoms in total. The Morgan fingerprint density at radius 1 is 0.875 bits per heavy atom. The summed E-state index contributed by atoms with van der Waals surface area (Å²) in [5, 5.41) is 8.05. The molecule has 0 aliphatic heterocycles. The number of carbonyl (C=O) groups is 2. The van der Waals surface area contributed by atoms with Crippen molar-refractivity contribution in [2.24, 2.45) is 0 Å². The molecule has 0 radical (unpaired) electrons. The summed E-state index contributed by atoms with van der Waals surface area (Å²) in [6, 6.07) is 11.5. The Hall–Kier alpha value is -3.22. The Bertz CT molecular complexity index is 746. The molecule has 3 N–H and O–H groups in total. The van der Waals surface area contributed by atoms with Gasteiger partial charge in [0.15, 0.2) is 0 Å². The topological polar surface area (TPSA) is 88.7 Å². The van der Waals surface area contributed by atoms with E-state index < -0.39 is 6.03 Å². The molecule has 0 bridgehead atoms. The van der Waals surface area contributed by atoms with Crippen LogP contribution in [0.1, 0.15) is 6.92 Å². The van der Waals surface area contributed by atoms with Crippen LogP contribution in [0.25, 0.3) is 0 Å². The Labute approximate surface area is 140 Å². The van der Waals surface area contributed by atoms with Crippen LogP contribution >= 0.6 is 0 Å². The second-order valence-corrected chi connectivity index (χ2v) is 4.91. The van der Waals surface area contributed by atoms with Crippen LogP contribution in [0.4, 0.5) is 21.9 Å². The summed E-state index contributed by atoms with van der Waals surface area (Å²) < 4.78 is 10.4. The van der Waals surface area contributed by atoms with E-state index in [-0.39, 0.29) is 5.91 Å². The summed E-state index contributed by atoms with van der Waals surface area (Å²) >= 11 is 0. The highest BCUT2D eigenvalue weighted by Crippen LogP contribution is 2.29. The molecule has 24 heavy (non-hydrogen) atoms. The van der Waals surface area contributed by atoms with Gasteiger partial charge in [0.1, 0.15) is 11.5 Å². The van der Waals surface area contributed by atoms with Crippen molar-refractivity contribution in [3.63, 3.8) is 0 Å². The maximum atomic E-state index is 12.2. The van der Waals surface area contributed by atoms with E-state index in [9.17, 15) is 9.59 Å². The number of anilines is 3. The van der Waals surface area contributed by atoms with E-state index in [1.54, 1.807) is 49.6 Å². The van der Waals surface area contributed by atoms with Crippen molar-refractivity contribution in [3.05, 3.63) is 42.5 Å². The van der Waals surface area contributed by atoms with Gasteiger partial charge in [-0.3, -0.25) is 4.79 Å². The average molecular weight is 329 g/mol. The number of ether oxygens (including phenoxy) is 2. The quantitative estimate of drug-likeness (QED) is 0.785. The van der Waals surface area contributed by atoms with E-state index in [0.717, 1.165) is 0 Å². The molecule has 3 amide bonds. The predicted octanol–water partition coefficient (Wildman–Crippen LogP) is 3.31. The summed E-state index contributed by atoms with van der Waals surface area (Å²) in [5.74, 6) is 0.925. The third-order valence-electron chi connectivity index (χ3n) is 3.10. The molecule has 2 aromatic rings. The highest BCUT2D eigenvalue weighted by Gasteiger charge is 2.09. The van der Waals surface area contributed by atoms with E-state index in [1.165, 1.54) is 14.0 Å². The first-order chi connectivity index (χ1) is 11.5. The van der Waals surface area contributed by atoms with Gasteiger partial charge >= 0.3 is 6.03 Å². The molecule has 0 aliphatic rings. The summed E-state index contributed by atoms with van der Waals surface area (Å²) in [4.78, 5) is 23.3. The van der Waals surface area contributed by atoms with Gasteiger partial charge in [-0.25, -0.2) is 4.79 Å². The Morgan fingerprint density at radius 3 is 2.21 bits per heavy atom. The molecule has 0 saturated carbocycles. The minimum atomic E-state index is -0.443. The van der Waals surface area contributed by atoms with Crippen molar-refractivity contribution in [1.82, 2.24) is 0 Å². The molecule has 0 aromatic heterocycles. The van der Waals surface area contributed by atoms with Crippen molar-refractivity contribution in [1.29, 1.82) is 0 Å². The van der Waals surface area contributed by atoms with Crippen molar-refractivity contribution < 1.29 is 19.1 Å². The lowest BCUT2D eigenvalue weighted by Crippen LogP contribution is -2.20. The molecule has 2 rings (SSSR count). The van der Waals surface area contributed by atoms with E-state index in [0.29, 0.717) is 28.6 Å². The van der Waals surface area contributed by atoms with Gasteiger partial charge in [0.25, 0.3) is 0 Å². The van der Waals surface area contributed by atoms with Gasteiger partial charge in [-0.15, -0.1) is 0 Å². The molecule has 0 heterocycles. The number of amides is 3. The van der Waals surface area contributed by atoms with Gasteiger partial charge in [-0.2, -0.15) is 0 Å². The molecule has 7 heteroatoms. The fraction of sp³-hybridized carbons (Fsp3) is 0.176. The average Bonchev–Trinajstić information content (AvgIpc) is 2.54. The molecule has 0 saturated heterocycles. The lowest BCUT2D eigenvalue weighted by Gasteiger charge is -2.13. The van der Waals surface area contributed by atoms with Crippen molar-refractivity contribution in [2.45, 2.75) is 6.92 Å². The van der Waals surface area contributed by atoms with E-state index in [2.05, 4.69) is 16.0 Å². The molecule has 0 atom stereocenters. The molecular weight excluding hydrogens is 310 g/mol. The van der Waals surface area contributed by atoms with Crippen molar-refractivity contribution in [3.8, 4) is 11.5 Å². The Balaban J connectivity index is 2.09. The molecule has 0 aliphatic carbocycles. The van der Waals surface area contributed by atoms with Gasteiger partial charge < -0.3 is 25.4 Å². The van der Waals surface area contributed by atoms with Crippen LogP contribution in [0, 0.1) is 0 Å². The first-order valence-electron chi connectivity index (χ1n) is 7.19. The highest BCUT2D eigenvalue weighted by molar-refractivity contribution is 6.01. The third kappa shape index (κ3) is 4.64. The summed E-state index contributed by atoms with van der Waals surface area (Å²) in [5.41, 5.74) is 1.62. The summed E-state index contributed by atoms with van der Waals surface area (Å²) in [6.45, 7) is 1.42. The number of urea groups is 1. The number of methoxy groups -OCH3 is 2. The van der Waals surface area contributed by atoms with Gasteiger partial charge in [-0.1, -0.05) is 6.07 Å². The molecule has 0 fully saturated rings. The number of carbonyl (C=O) groups excluding carboxylic acids is 2. The largest absolute Gasteiger partial charge is 0.497 e. The van der Waals surface area contributed by atoms with Crippen molar-refractivity contribution >= 4 is 29.0 Å². The van der Waals surface area contributed by atoms with Crippen molar-refractivity contribution in [2.75, 3.05) is 30.2 Å². The van der Waals surface area contributed by atoms with Gasteiger partial charge in [0.2, 0.25) is 5.91 Å². The number of nitrogens with one attached hydrogen (secondary N) is 3. The first-order valence-corrected chi connectivity index (χ1v) is 7.19. The van der Waals surface area contributed by atoms with Crippen LogP contribution in [-0.2, 0) is 4.79 Å². The maximum absolute atomic E-state index is 12.2. The summed E-state index contributed by atoms with van der Waals surface area (Å²) in [7, 11) is 3.06. The second-order valence-electron chi connectivity index (χ2n) is 4.91. The molecule has 2 aromatic carbocycles. The van der Waals surface area contributed by atoms with Crippen LogP contribution < -0.4 is 25.4 Å². The lowest BCUT2D eigenvalue weighted by atomic mass is 10.2. The molecule has 126 valence electrons. The summed E-state index contributed by atoms with van der Waals surface area (Å²) in [6.07, 6.45) is 0. The number of benzene rings is 2. The SMILES string of the molecule is COc1ccc(OC)c(NC(=O)Nc2cccc(NC(C)=O)c2)c1. The fourth-order valence-electron chi connectivity index (χ4n) is 2.07. The standard InChI is InChI=1S/C17H19N3O4/c1-11(21)18-12-5-4-6-13(9-12)19-17(22)20-15-10-14(23-2)7-8-16(15)24-3/h4-10H,1-3H3,(H,18,21)(H2,19,20,22).